The fourth-order valence-electron chi connectivity index (χ4n) is 2.48. The van der Waals surface area contributed by atoms with Crippen molar-refractivity contribution < 1.29 is 44.2 Å². The fourth-order valence-corrected chi connectivity index (χ4v) is 4.33. The van der Waals surface area contributed by atoms with Gasteiger partial charge in [0.1, 0.15) is 41.5 Å². The van der Waals surface area contributed by atoms with Crippen LogP contribution in [0, 0.1) is 0 Å². The second-order valence-electron chi connectivity index (χ2n) is 7.69. The number of aliphatic hydroxyl groups is 4. The molecule has 0 aromatic rings. The van der Waals surface area contributed by atoms with E-state index < -0.39 is 60.2 Å². The number of carbonyl (C=O) groups is 2. The average Bonchev–Trinajstić information content (AvgIpc) is 2.68. The number of alkyl carbamates (subject to hydrolysis) is 1. The van der Waals surface area contributed by atoms with Gasteiger partial charge in [-0.1, -0.05) is 6.08 Å². The Morgan fingerprint density at radius 2 is 1.87 bits per heavy atom. The Hall–Kier alpha value is -1.02. The number of thioether (sulfide) groups is 2. The number of rotatable bonds is 10. The van der Waals surface area contributed by atoms with E-state index in [1.807, 2.05) is 0 Å². The lowest BCUT2D eigenvalue weighted by atomic mass is 10.0. The first-order valence-electron chi connectivity index (χ1n) is 9.85. The summed E-state index contributed by atoms with van der Waals surface area (Å²) in [5.41, 5.74) is -1.51. The van der Waals surface area contributed by atoms with Crippen LogP contribution < -0.4 is 5.32 Å². The van der Waals surface area contributed by atoms with Crippen molar-refractivity contribution >= 4 is 35.6 Å². The molecule has 0 unspecified atom stereocenters. The summed E-state index contributed by atoms with van der Waals surface area (Å²) in [7, 11) is 0. The van der Waals surface area contributed by atoms with Crippen molar-refractivity contribution in [3.8, 4) is 0 Å². The quantitative estimate of drug-likeness (QED) is 0.271. The van der Waals surface area contributed by atoms with Gasteiger partial charge >= 0.3 is 12.1 Å². The van der Waals surface area contributed by atoms with Crippen molar-refractivity contribution in [2.45, 2.75) is 69.2 Å². The molecule has 0 radical (unpaired) electrons. The Kier molecular flexibility index (Phi) is 12.2. The number of ether oxygens (including phenoxy) is 3. The highest BCUT2D eigenvalue weighted by molar-refractivity contribution is 8.02. The van der Waals surface area contributed by atoms with Crippen molar-refractivity contribution in [2.75, 3.05) is 24.7 Å². The van der Waals surface area contributed by atoms with Crippen molar-refractivity contribution in [3.05, 3.63) is 11.5 Å². The number of hydrogen-bond donors (Lipinski definition) is 5. The highest BCUT2D eigenvalue weighted by Gasteiger charge is 2.43. The van der Waals surface area contributed by atoms with Gasteiger partial charge in [-0.25, -0.2) is 9.59 Å². The molecule has 31 heavy (non-hydrogen) atoms. The molecular formula is C19H33NO9S2. The lowest BCUT2D eigenvalue weighted by Crippen LogP contribution is -2.57. The summed E-state index contributed by atoms with van der Waals surface area (Å²) in [4.78, 5) is 24.0. The molecule has 10 nitrogen and oxygen atoms in total. The van der Waals surface area contributed by atoms with Crippen LogP contribution in [0.25, 0.3) is 0 Å². The van der Waals surface area contributed by atoms with Crippen molar-refractivity contribution in [1.82, 2.24) is 5.32 Å². The van der Waals surface area contributed by atoms with Crippen LogP contribution in [0.1, 0.15) is 27.7 Å². The lowest BCUT2D eigenvalue weighted by molar-refractivity contribution is -0.205. The van der Waals surface area contributed by atoms with Crippen LogP contribution in [0.4, 0.5) is 4.79 Å². The predicted molar refractivity (Wildman–Crippen MR) is 118 cm³/mol. The highest BCUT2D eigenvalue weighted by atomic mass is 32.2. The molecular weight excluding hydrogens is 450 g/mol. The van der Waals surface area contributed by atoms with Crippen molar-refractivity contribution in [2.24, 2.45) is 0 Å². The first kappa shape index (κ1) is 28.0. The third-order valence-corrected chi connectivity index (χ3v) is 5.94. The Balaban J connectivity index is 2.49. The second kappa shape index (κ2) is 13.5. The van der Waals surface area contributed by atoms with E-state index in [4.69, 9.17) is 14.2 Å². The molecule has 1 aliphatic heterocycles. The summed E-state index contributed by atoms with van der Waals surface area (Å²) in [6, 6.07) is -0.887. The summed E-state index contributed by atoms with van der Waals surface area (Å²) in [5.74, 6) is 0.0587. The molecule has 0 aliphatic carbocycles. The van der Waals surface area contributed by atoms with E-state index in [0.717, 1.165) is 0 Å². The van der Waals surface area contributed by atoms with Crippen LogP contribution >= 0.6 is 23.5 Å². The summed E-state index contributed by atoms with van der Waals surface area (Å²) in [5, 5.41) is 43.0. The van der Waals surface area contributed by atoms with Crippen LogP contribution in [0.5, 0.6) is 0 Å². The first-order valence-corrected chi connectivity index (χ1v) is 11.9. The van der Waals surface area contributed by atoms with E-state index in [2.05, 4.69) is 5.32 Å². The third kappa shape index (κ3) is 9.98. The van der Waals surface area contributed by atoms with E-state index >= 15 is 0 Å². The standard InChI is InChI=1S/C19H33NO9S2/c1-5-27-16(25)11(20-18(26)29-19(2,3)4)10-30-7-6-8-31-17-15(24)14(23)13(22)12(9-21)28-17/h6-7,11-15,17,21-24H,5,8-10H2,1-4H3,(H,20,26)/b7-6+/t11-,12+,13+,14-,15+,17-/m0/s1. The van der Waals surface area contributed by atoms with Crippen LogP contribution in [0.15, 0.2) is 11.5 Å². The van der Waals surface area contributed by atoms with Gasteiger partial charge in [0.25, 0.3) is 0 Å². The molecule has 1 amide bonds. The molecule has 6 atom stereocenters. The highest BCUT2D eigenvalue weighted by Crippen LogP contribution is 2.28. The number of esters is 1. The second-order valence-corrected chi connectivity index (χ2v) is 9.76. The third-order valence-electron chi connectivity index (χ3n) is 3.92. The molecule has 0 aromatic heterocycles. The number of hydrogen-bond acceptors (Lipinski definition) is 11. The molecule has 1 heterocycles. The SMILES string of the molecule is CCOC(=O)[C@H](CS/C=C/CS[C@@H]1O[C@H](CO)[C@@H](O)[C@H](O)[C@H]1O)NC(=O)OC(C)(C)C. The van der Waals surface area contributed by atoms with Gasteiger partial charge in [0.15, 0.2) is 0 Å². The van der Waals surface area contributed by atoms with E-state index in [1.54, 1.807) is 39.2 Å². The topological polar surface area (TPSA) is 155 Å². The Morgan fingerprint density at radius 1 is 1.19 bits per heavy atom. The van der Waals surface area contributed by atoms with E-state index in [1.165, 1.54) is 23.5 Å². The monoisotopic (exact) mass is 483 g/mol. The predicted octanol–water partition coefficient (Wildman–Crippen LogP) is 0.223. The smallest absolute Gasteiger partial charge is 0.408 e. The van der Waals surface area contributed by atoms with Crippen molar-refractivity contribution in [1.29, 1.82) is 0 Å². The summed E-state index contributed by atoms with van der Waals surface area (Å²) in [6.45, 7) is 6.53. The largest absolute Gasteiger partial charge is 0.464 e. The first-order chi connectivity index (χ1) is 14.5. The minimum atomic E-state index is -1.41. The Bertz CT molecular complexity index is 597. The molecule has 0 bridgehead atoms. The van der Waals surface area contributed by atoms with Gasteiger partial charge in [-0.15, -0.1) is 23.5 Å². The van der Waals surface area contributed by atoms with Crippen molar-refractivity contribution in [3.63, 3.8) is 0 Å². The maximum Gasteiger partial charge on any atom is 0.408 e. The average molecular weight is 484 g/mol. The summed E-state index contributed by atoms with van der Waals surface area (Å²) < 4.78 is 15.6. The van der Waals surface area contributed by atoms with Gasteiger partial charge in [0, 0.05) is 11.5 Å². The van der Waals surface area contributed by atoms with Crippen LogP contribution in [0.3, 0.4) is 0 Å². The molecule has 12 heteroatoms. The molecule has 180 valence electrons. The molecule has 1 fully saturated rings. The van der Waals surface area contributed by atoms with Crippen LogP contribution in [0.2, 0.25) is 0 Å². The molecule has 1 rings (SSSR count). The fraction of sp³-hybridized carbons (Fsp3) is 0.789. The molecule has 0 saturated carbocycles. The Labute approximate surface area is 190 Å². The van der Waals surface area contributed by atoms with Crippen LogP contribution in [-0.4, -0.2) is 98.7 Å². The zero-order valence-electron chi connectivity index (χ0n) is 18.1. The maximum absolute atomic E-state index is 12.1. The molecule has 0 aromatic carbocycles. The van der Waals surface area contributed by atoms with E-state index in [-0.39, 0.29) is 12.4 Å². The van der Waals surface area contributed by atoms with Gasteiger partial charge in [-0.2, -0.15) is 0 Å². The van der Waals surface area contributed by atoms with Gasteiger partial charge < -0.3 is 40.0 Å². The molecule has 1 saturated heterocycles. The summed E-state index contributed by atoms with van der Waals surface area (Å²) >= 11 is 2.46. The van der Waals surface area contributed by atoms with Gasteiger partial charge in [-0.3, -0.25) is 0 Å². The molecule has 1 aliphatic rings. The normalized spacial score (nSPS) is 27.7. The van der Waals surface area contributed by atoms with E-state index in [0.29, 0.717) is 5.75 Å². The van der Waals surface area contributed by atoms with Gasteiger partial charge in [0.05, 0.1) is 13.2 Å². The minimum Gasteiger partial charge on any atom is -0.464 e. The number of nitrogens with one attached hydrogen (secondary N) is 1. The Morgan fingerprint density at radius 3 is 2.45 bits per heavy atom. The number of aliphatic hydroxyl groups excluding tert-OH is 4. The van der Waals surface area contributed by atoms with Gasteiger partial charge in [0.2, 0.25) is 0 Å². The molecule has 0 spiro atoms. The zero-order valence-corrected chi connectivity index (χ0v) is 19.7. The van der Waals surface area contributed by atoms with E-state index in [9.17, 15) is 30.0 Å². The molecule has 5 N–H and O–H groups in total. The van der Waals surface area contributed by atoms with Crippen LogP contribution in [-0.2, 0) is 19.0 Å². The maximum atomic E-state index is 12.1. The minimum absolute atomic E-state index is 0.182. The lowest BCUT2D eigenvalue weighted by Gasteiger charge is -2.39. The zero-order chi connectivity index (χ0) is 23.6. The summed E-state index contributed by atoms with van der Waals surface area (Å²) in [6.07, 6.45) is -4.00. The number of carbonyl (C=O) groups excluding carboxylic acids is 2. The number of amides is 1. The van der Waals surface area contributed by atoms with Gasteiger partial charge in [-0.05, 0) is 33.1 Å².